The second kappa shape index (κ2) is 5.51. The molecule has 68 valence electrons. The van der Waals surface area contributed by atoms with E-state index in [4.69, 9.17) is 4.74 Å². The molecule has 0 aliphatic rings. The Morgan fingerprint density at radius 2 is 2.00 bits per heavy atom. The van der Waals surface area contributed by atoms with Crippen LogP contribution in [-0.2, 0) is 14.8 Å². The molecule has 0 aliphatic carbocycles. The van der Waals surface area contributed by atoms with Gasteiger partial charge in [-0.15, -0.1) is 0 Å². The van der Waals surface area contributed by atoms with Gasteiger partial charge >= 0.3 is 0 Å². The fourth-order valence-corrected chi connectivity index (χ4v) is 1.000. The molecule has 11 heavy (non-hydrogen) atoms. The van der Waals surface area contributed by atoms with Crippen LogP contribution in [-0.4, -0.2) is 34.4 Å². The van der Waals surface area contributed by atoms with E-state index in [2.05, 4.69) is 4.72 Å². The van der Waals surface area contributed by atoms with Crippen LogP contribution in [0.4, 0.5) is 0 Å². The number of rotatable bonds is 6. The van der Waals surface area contributed by atoms with E-state index in [0.29, 0.717) is 19.8 Å². The predicted octanol–water partition coefficient (Wildman–Crippen LogP) is -0.0378. The number of nitrogens with one attached hydrogen (secondary N) is 1. The lowest BCUT2D eigenvalue weighted by Crippen LogP contribution is -2.26. The van der Waals surface area contributed by atoms with Gasteiger partial charge in [0.1, 0.15) is 0 Å². The van der Waals surface area contributed by atoms with Crippen molar-refractivity contribution in [2.45, 2.75) is 13.3 Å². The van der Waals surface area contributed by atoms with Crippen molar-refractivity contribution in [2.24, 2.45) is 0 Å². The molecule has 0 aromatic heterocycles. The van der Waals surface area contributed by atoms with Gasteiger partial charge in [0.15, 0.2) is 0 Å². The Bertz CT molecular complexity index is 176. The lowest BCUT2D eigenvalue weighted by atomic mass is 10.5. The average Bonchev–Trinajstić information content (AvgIpc) is 1.85. The van der Waals surface area contributed by atoms with Crippen molar-refractivity contribution >= 4 is 10.0 Å². The minimum Gasteiger partial charge on any atom is -0.380 e. The maximum absolute atomic E-state index is 10.5. The van der Waals surface area contributed by atoms with Crippen LogP contribution in [0.1, 0.15) is 13.3 Å². The Balaban J connectivity index is 3.16. The van der Waals surface area contributed by atoms with E-state index in [9.17, 15) is 8.42 Å². The summed E-state index contributed by atoms with van der Waals surface area (Å²) < 4.78 is 28.4. The Morgan fingerprint density at radius 1 is 1.36 bits per heavy atom. The number of hydrogen-bond acceptors (Lipinski definition) is 3. The first-order chi connectivity index (χ1) is 5.06. The SMILES string of the molecule is CCCOCCNS(C)(=O)=O. The molecule has 0 aromatic carbocycles. The summed E-state index contributed by atoms with van der Waals surface area (Å²) in [5.74, 6) is 0. The van der Waals surface area contributed by atoms with Gasteiger partial charge in [-0.1, -0.05) is 6.92 Å². The standard InChI is InChI=1S/C6H15NO3S/c1-3-5-10-6-4-7-11(2,8)9/h7H,3-6H2,1-2H3. The van der Waals surface area contributed by atoms with E-state index in [-0.39, 0.29) is 0 Å². The molecular formula is C6H15NO3S. The summed E-state index contributed by atoms with van der Waals surface area (Å²) in [6.45, 7) is 3.50. The van der Waals surface area contributed by atoms with E-state index in [1.165, 1.54) is 0 Å². The molecule has 0 atom stereocenters. The molecule has 1 N–H and O–H groups in total. The molecule has 0 rings (SSSR count). The summed E-state index contributed by atoms with van der Waals surface area (Å²) in [6.07, 6.45) is 2.09. The van der Waals surface area contributed by atoms with Crippen molar-refractivity contribution in [3.8, 4) is 0 Å². The number of sulfonamides is 1. The molecule has 0 bridgehead atoms. The summed E-state index contributed by atoms with van der Waals surface area (Å²) >= 11 is 0. The maximum atomic E-state index is 10.5. The minimum atomic E-state index is -3.04. The summed E-state index contributed by atoms with van der Waals surface area (Å²) in [5, 5.41) is 0. The first kappa shape index (κ1) is 10.9. The predicted molar refractivity (Wildman–Crippen MR) is 44.0 cm³/mol. The molecule has 4 nitrogen and oxygen atoms in total. The van der Waals surface area contributed by atoms with Gasteiger partial charge in [-0.05, 0) is 6.42 Å². The fourth-order valence-electron chi connectivity index (χ4n) is 0.546. The molecule has 0 aliphatic heterocycles. The van der Waals surface area contributed by atoms with E-state index >= 15 is 0 Å². The summed E-state index contributed by atoms with van der Waals surface area (Å²) in [5.41, 5.74) is 0. The third-order valence-electron chi connectivity index (χ3n) is 0.959. The molecule has 0 heterocycles. The molecule has 0 radical (unpaired) electrons. The molecule has 5 heteroatoms. The van der Waals surface area contributed by atoms with Crippen LogP contribution in [0.2, 0.25) is 0 Å². The molecule has 0 spiro atoms. The van der Waals surface area contributed by atoms with Gasteiger partial charge in [0.2, 0.25) is 10.0 Å². The molecule has 0 saturated heterocycles. The summed E-state index contributed by atoms with van der Waals surface area (Å²) in [4.78, 5) is 0. The van der Waals surface area contributed by atoms with Crippen LogP contribution in [0.3, 0.4) is 0 Å². The largest absolute Gasteiger partial charge is 0.380 e. The molecule has 0 saturated carbocycles. The zero-order valence-corrected chi connectivity index (χ0v) is 7.78. The molecular weight excluding hydrogens is 166 g/mol. The average molecular weight is 181 g/mol. The highest BCUT2D eigenvalue weighted by atomic mass is 32.2. The molecule has 0 fully saturated rings. The highest BCUT2D eigenvalue weighted by molar-refractivity contribution is 7.88. The Labute approximate surface area is 68.0 Å². The maximum Gasteiger partial charge on any atom is 0.208 e. The quantitative estimate of drug-likeness (QED) is 0.585. The van der Waals surface area contributed by atoms with Crippen molar-refractivity contribution < 1.29 is 13.2 Å². The van der Waals surface area contributed by atoms with Crippen molar-refractivity contribution in [2.75, 3.05) is 26.0 Å². The third-order valence-corrected chi connectivity index (χ3v) is 1.69. The van der Waals surface area contributed by atoms with Gasteiger partial charge in [0.25, 0.3) is 0 Å². The number of hydrogen-bond donors (Lipinski definition) is 1. The van der Waals surface area contributed by atoms with Gasteiger partial charge in [-0.2, -0.15) is 0 Å². The fraction of sp³-hybridized carbons (Fsp3) is 1.00. The first-order valence-corrected chi connectivity index (χ1v) is 5.48. The smallest absolute Gasteiger partial charge is 0.208 e. The van der Waals surface area contributed by atoms with Crippen LogP contribution in [0.25, 0.3) is 0 Å². The van der Waals surface area contributed by atoms with Crippen molar-refractivity contribution in [3.05, 3.63) is 0 Å². The minimum absolute atomic E-state index is 0.360. The first-order valence-electron chi connectivity index (χ1n) is 3.58. The van der Waals surface area contributed by atoms with E-state index in [1.807, 2.05) is 6.92 Å². The highest BCUT2D eigenvalue weighted by Gasteiger charge is 1.97. The molecule has 0 amide bonds. The van der Waals surface area contributed by atoms with E-state index < -0.39 is 10.0 Å². The summed E-state index contributed by atoms with van der Waals surface area (Å²) in [7, 11) is -3.04. The lowest BCUT2D eigenvalue weighted by molar-refractivity contribution is 0.140. The van der Waals surface area contributed by atoms with Crippen molar-refractivity contribution in [1.29, 1.82) is 0 Å². The lowest BCUT2D eigenvalue weighted by Gasteiger charge is -2.02. The third kappa shape index (κ3) is 9.87. The van der Waals surface area contributed by atoms with Crippen LogP contribution in [0, 0.1) is 0 Å². The second-order valence-corrected chi connectivity index (χ2v) is 4.11. The van der Waals surface area contributed by atoms with Gasteiger partial charge in [-0.3, -0.25) is 0 Å². The zero-order chi connectivity index (χ0) is 8.74. The second-order valence-electron chi connectivity index (χ2n) is 2.28. The normalized spacial score (nSPS) is 11.8. The van der Waals surface area contributed by atoms with Gasteiger partial charge < -0.3 is 4.74 Å². The monoisotopic (exact) mass is 181 g/mol. The topological polar surface area (TPSA) is 55.4 Å². The van der Waals surface area contributed by atoms with Gasteiger partial charge in [0.05, 0.1) is 12.9 Å². The van der Waals surface area contributed by atoms with E-state index in [0.717, 1.165) is 12.7 Å². The zero-order valence-electron chi connectivity index (χ0n) is 6.96. The van der Waals surface area contributed by atoms with Crippen LogP contribution < -0.4 is 4.72 Å². The molecule has 0 aromatic rings. The number of ether oxygens (including phenoxy) is 1. The highest BCUT2D eigenvalue weighted by Crippen LogP contribution is 1.79. The molecule has 0 unspecified atom stereocenters. The van der Waals surface area contributed by atoms with E-state index in [1.54, 1.807) is 0 Å². The Hall–Kier alpha value is -0.130. The summed E-state index contributed by atoms with van der Waals surface area (Å²) in [6, 6.07) is 0. The van der Waals surface area contributed by atoms with Gasteiger partial charge in [0, 0.05) is 13.2 Å². The van der Waals surface area contributed by atoms with Crippen molar-refractivity contribution in [3.63, 3.8) is 0 Å². The van der Waals surface area contributed by atoms with Crippen LogP contribution in [0.15, 0.2) is 0 Å². The van der Waals surface area contributed by atoms with Gasteiger partial charge in [-0.25, -0.2) is 13.1 Å². The Morgan fingerprint density at radius 3 is 2.45 bits per heavy atom. The Kier molecular flexibility index (Phi) is 5.45. The van der Waals surface area contributed by atoms with Crippen LogP contribution >= 0.6 is 0 Å². The van der Waals surface area contributed by atoms with Crippen molar-refractivity contribution in [1.82, 2.24) is 4.72 Å². The van der Waals surface area contributed by atoms with Crippen LogP contribution in [0.5, 0.6) is 0 Å².